The lowest BCUT2D eigenvalue weighted by molar-refractivity contribution is -0.119. The van der Waals surface area contributed by atoms with Gasteiger partial charge in [0.1, 0.15) is 0 Å². The number of benzene rings is 1. The molecule has 0 fully saturated rings. The summed E-state index contributed by atoms with van der Waals surface area (Å²) in [4.78, 5) is 16.3. The molecule has 2 rings (SSSR count). The number of thioether (sulfide) groups is 1. The number of para-hydroxylation sites is 1. The highest BCUT2D eigenvalue weighted by Gasteiger charge is 2.11. The molecule has 1 atom stereocenters. The maximum atomic E-state index is 11.9. The molecule has 22 heavy (non-hydrogen) atoms. The summed E-state index contributed by atoms with van der Waals surface area (Å²) >= 11 is 1.42. The Bertz CT molecular complexity index is 627. The van der Waals surface area contributed by atoms with Crippen LogP contribution in [0.25, 0.3) is 5.69 Å². The number of rotatable bonds is 7. The van der Waals surface area contributed by atoms with Crippen LogP contribution in [-0.2, 0) is 9.53 Å². The van der Waals surface area contributed by atoms with E-state index in [2.05, 4.69) is 23.3 Å². The zero-order valence-corrected chi connectivity index (χ0v) is 13.9. The van der Waals surface area contributed by atoms with Crippen LogP contribution >= 0.6 is 11.8 Å². The molecule has 0 saturated heterocycles. The molecule has 1 amide bonds. The molecule has 1 heterocycles. The summed E-state index contributed by atoms with van der Waals surface area (Å²) in [5.74, 6) is 0.311. The second-order valence-corrected chi connectivity index (χ2v) is 6.02. The van der Waals surface area contributed by atoms with Crippen molar-refractivity contribution in [1.29, 1.82) is 0 Å². The fraction of sp³-hybridized carbons (Fsp3) is 0.375. The number of aromatic nitrogens is 2. The Morgan fingerprint density at radius 3 is 2.95 bits per heavy atom. The molecular weight excluding hydrogens is 298 g/mol. The third-order valence-corrected chi connectivity index (χ3v) is 4.11. The van der Waals surface area contributed by atoms with Crippen LogP contribution in [0.1, 0.15) is 12.5 Å². The van der Waals surface area contributed by atoms with Gasteiger partial charge in [0.05, 0.1) is 18.0 Å². The van der Waals surface area contributed by atoms with Crippen molar-refractivity contribution in [2.24, 2.45) is 0 Å². The van der Waals surface area contributed by atoms with E-state index in [4.69, 9.17) is 4.74 Å². The fourth-order valence-corrected chi connectivity index (χ4v) is 2.93. The van der Waals surface area contributed by atoms with Crippen molar-refractivity contribution in [2.45, 2.75) is 25.0 Å². The maximum absolute atomic E-state index is 11.9. The Balaban J connectivity index is 1.99. The molecule has 0 aliphatic heterocycles. The summed E-state index contributed by atoms with van der Waals surface area (Å²) in [5, 5.41) is 3.70. The van der Waals surface area contributed by atoms with Gasteiger partial charge >= 0.3 is 0 Å². The minimum atomic E-state index is -0.0196. The van der Waals surface area contributed by atoms with Gasteiger partial charge in [-0.05, 0) is 25.5 Å². The minimum absolute atomic E-state index is 0.00853. The molecule has 5 nitrogen and oxygen atoms in total. The van der Waals surface area contributed by atoms with Gasteiger partial charge in [-0.3, -0.25) is 9.36 Å². The number of carbonyl (C=O) groups excluding carboxylic acids is 1. The Labute approximate surface area is 135 Å². The highest BCUT2D eigenvalue weighted by atomic mass is 32.2. The van der Waals surface area contributed by atoms with E-state index in [0.29, 0.717) is 12.4 Å². The van der Waals surface area contributed by atoms with E-state index >= 15 is 0 Å². The molecule has 1 aromatic heterocycles. The van der Waals surface area contributed by atoms with E-state index in [1.165, 1.54) is 17.3 Å². The number of carbonyl (C=O) groups is 1. The summed E-state index contributed by atoms with van der Waals surface area (Å²) < 4.78 is 7.01. The van der Waals surface area contributed by atoms with Crippen LogP contribution in [0.15, 0.2) is 41.8 Å². The average Bonchev–Trinajstić information content (AvgIpc) is 2.94. The number of methoxy groups -OCH3 is 1. The number of nitrogens with one attached hydrogen (secondary N) is 1. The van der Waals surface area contributed by atoms with Crippen molar-refractivity contribution in [3.8, 4) is 5.69 Å². The summed E-state index contributed by atoms with van der Waals surface area (Å²) in [7, 11) is 1.62. The van der Waals surface area contributed by atoms with Gasteiger partial charge in [0.15, 0.2) is 5.16 Å². The van der Waals surface area contributed by atoms with Crippen LogP contribution in [0, 0.1) is 6.92 Å². The molecule has 2 aromatic rings. The van der Waals surface area contributed by atoms with Crippen molar-refractivity contribution < 1.29 is 9.53 Å². The van der Waals surface area contributed by atoms with Crippen LogP contribution in [0.3, 0.4) is 0 Å². The first-order valence-corrected chi connectivity index (χ1v) is 8.11. The van der Waals surface area contributed by atoms with E-state index in [0.717, 1.165) is 10.8 Å². The zero-order valence-electron chi connectivity index (χ0n) is 13.1. The normalized spacial score (nSPS) is 12.1. The zero-order chi connectivity index (χ0) is 15.9. The van der Waals surface area contributed by atoms with E-state index in [9.17, 15) is 4.79 Å². The van der Waals surface area contributed by atoms with Crippen molar-refractivity contribution in [3.63, 3.8) is 0 Å². The largest absolute Gasteiger partial charge is 0.383 e. The van der Waals surface area contributed by atoms with Crippen molar-refractivity contribution in [2.75, 3.05) is 19.5 Å². The number of hydrogen-bond acceptors (Lipinski definition) is 4. The average molecular weight is 319 g/mol. The lowest BCUT2D eigenvalue weighted by Crippen LogP contribution is -2.36. The molecule has 6 heteroatoms. The first-order valence-electron chi connectivity index (χ1n) is 7.12. The Hall–Kier alpha value is -1.79. The van der Waals surface area contributed by atoms with Crippen molar-refractivity contribution in [1.82, 2.24) is 14.9 Å². The van der Waals surface area contributed by atoms with Gasteiger partial charge in [0.2, 0.25) is 5.91 Å². The SMILES string of the molecule is COC[C@H](C)NC(=O)CSc1nccn1-c1ccccc1C. The second kappa shape index (κ2) is 8.00. The highest BCUT2D eigenvalue weighted by molar-refractivity contribution is 7.99. The summed E-state index contributed by atoms with van der Waals surface area (Å²) in [6.45, 7) is 4.48. The van der Waals surface area contributed by atoms with Crippen LogP contribution in [0.2, 0.25) is 0 Å². The van der Waals surface area contributed by atoms with Crippen LogP contribution < -0.4 is 5.32 Å². The van der Waals surface area contributed by atoms with Crippen molar-refractivity contribution in [3.05, 3.63) is 42.2 Å². The van der Waals surface area contributed by atoms with Crippen LogP contribution in [0.4, 0.5) is 0 Å². The molecule has 0 spiro atoms. The number of imidazole rings is 1. The smallest absolute Gasteiger partial charge is 0.230 e. The highest BCUT2D eigenvalue weighted by Crippen LogP contribution is 2.22. The lowest BCUT2D eigenvalue weighted by atomic mass is 10.2. The predicted molar refractivity (Wildman–Crippen MR) is 88.5 cm³/mol. The first-order chi connectivity index (χ1) is 10.6. The lowest BCUT2D eigenvalue weighted by Gasteiger charge is -2.13. The predicted octanol–water partition coefficient (Wildman–Crippen LogP) is 2.42. The van der Waals surface area contributed by atoms with E-state index in [1.54, 1.807) is 13.3 Å². The number of amides is 1. The third-order valence-electron chi connectivity index (χ3n) is 3.14. The van der Waals surface area contributed by atoms with E-state index in [1.807, 2.05) is 35.9 Å². The first kappa shape index (κ1) is 16.6. The number of aryl methyl sites for hydroxylation is 1. The molecule has 0 aliphatic rings. The molecule has 0 aliphatic carbocycles. The summed E-state index contributed by atoms with van der Waals surface area (Å²) in [6.07, 6.45) is 3.66. The quantitative estimate of drug-likeness (QED) is 0.796. The van der Waals surface area contributed by atoms with Gasteiger partial charge in [-0.1, -0.05) is 30.0 Å². The molecular formula is C16H21N3O2S. The Kier molecular flexibility index (Phi) is 6.03. The maximum Gasteiger partial charge on any atom is 0.230 e. The van der Waals surface area contributed by atoms with Gasteiger partial charge < -0.3 is 10.1 Å². The van der Waals surface area contributed by atoms with E-state index in [-0.39, 0.29) is 11.9 Å². The Morgan fingerprint density at radius 1 is 1.45 bits per heavy atom. The summed E-state index contributed by atoms with van der Waals surface area (Å²) in [5.41, 5.74) is 2.25. The molecule has 0 radical (unpaired) electrons. The number of ether oxygens (including phenoxy) is 1. The van der Waals surface area contributed by atoms with Gasteiger partial charge in [0, 0.05) is 25.5 Å². The molecule has 118 valence electrons. The molecule has 0 unspecified atom stereocenters. The number of hydrogen-bond donors (Lipinski definition) is 1. The van der Waals surface area contributed by atoms with Crippen LogP contribution in [0.5, 0.6) is 0 Å². The Morgan fingerprint density at radius 2 is 2.23 bits per heavy atom. The van der Waals surface area contributed by atoms with Gasteiger partial charge in [0.25, 0.3) is 0 Å². The summed E-state index contributed by atoms with van der Waals surface area (Å²) in [6, 6.07) is 8.11. The van der Waals surface area contributed by atoms with Gasteiger partial charge in [-0.15, -0.1) is 0 Å². The van der Waals surface area contributed by atoms with Crippen LogP contribution in [-0.4, -0.2) is 41.0 Å². The van der Waals surface area contributed by atoms with E-state index < -0.39 is 0 Å². The molecule has 1 N–H and O–H groups in total. The minimum Gasteiger partial charge on any atom is -0.383 e. The monoisotopic (exact) mass is 319 g/mol. The fourth-order valence-electron chi connectivity index (χ4n) is 2.15. The number of nitrogens with zero attached hydrogens (tertiary/aromatic N) is 2. The molecule has 0 saturated carbocycles. The molecule has 0 bridgehead atoms. The topological polar surface area (TPSA) is 56.1 Å². The van der Waals surface area contributed by atoms with Crippen molar-refractivity contribution >= 4 is 17.7 Å². The van der Waals surface area contributed by atoms with Gasteiger partial charge in [-0.2, -0.15) is 0 Å². The second-order valence-electron chi connectivity index (χ2n) is 5.08. The third kappa shape index (κ3) is 4.35. The van der Waals surface area contributed by atoms with Gasteiger partial charge in [-0.25, -0.2) is 4.98 Å². The standard InChI is InChI=1S/C16H21N3O2S/c1-12-6-4-5-7-14(12)19-9-8-17-16(19)22-11-15(20)18-13(2)10-21-3/h4-9,13H,10-11H2,1-3H3,(H,18,20)/t13-/m0/s1. The molecule has 1 aromatic carbocycles.